The number of nitrogens with zero attached hydrogens (tertiary/aromatic N) is 3. The van der Waals surface area contributed by atoms with Crippen LogP contribution in [-0.4, -0.2) is 49.6 Å². The molecule has 0 bridgehead atoms. The lowest BCUT2D eigenvalue weighted by molar-refractivity contribution is 0.180. The number of rotatable bonds is 7. The zero-order valence-electron chi connectivity index (χ0n) is 11.4. The highest BCUT2D eigenvalue weighted by Gasteiger charge is 2.32. The van der Waals surface area contributed by atoms with Crippen LogP contribution in [0.5, 0.6) is 0 Å². The van der Waals surface area contributed by atoms with Crippen molar-refractivity contribution in [2.45, 2.75) is 46.2 Å². The van der Waals surface area contributed by atoms with Crippen molar-refractivity contribution in [1.29, 1.82) is 5.26 Å². The van der Waals surface area contributed by atoms with Crippen LogP contribution in [0, 0.1) is 11.3 Å². The van der Waals surface area contributed by atoms with Gasteiger partial charge in [-0.25, -0.2) is 0 Å². The largest absolute Gasteiger partial charge is 0.478 e. The molecule has 0 amide bonds. The lowest BCUT2D eigenvalue weighted by Crippen LogP contribution is -2.57. The molecule has 0 aromatic rings. The zero-order chi connectivity index (χ0) is 12.7. The van der Waals surface area contributed by atoms with E-state index in [1.165, 1.54) is 0 Å². The van der Waals surface area contributed by atoms with Crippen molar-refractivity contribution in [3.05, 3.63) is 0 Å². The first kappa shape index (κ1) is 15.4. The first-order valence-electron chi connectivity index (χ1n) is 5.84. The van der Waals surface area contributed by atoms with Crippen LogP contribution in [0.4, 0.5) is 0 Å². The predicted octanol–water partition coefficient (Wildman–Crippen LogP) is 1.58. The van der Waals surface area contributed by atoms with Gasteiger partial charge in [-0.05, 0) is 26.2 Å². The van der Waals surface area contributed by atoms with Gasteiger partial charge in [0, 0.05) is 6.61 Å². The van der Waals surface area contributed by atoms with Crippen molar-refractivity contribution in [1.82, 2.24) is 9.62 Å². The smallest absolute Gasteiger partial charge is 0.407 e. The Morgan fingerprint density at radius 3 is 2.00 bits per heavy atom. The monoisotopic (exact) mass is 225 g/mol. The molecule has 0 heterocycles. The van der Waals surface area contributed by atoms with Gasteiger partial charge in [0.1, 0.15) is 0 Å². The van der Waals surface area contributed by atoms with Crippen molar-refractivity contribution in [3.8, 4) is 6.07 Å². The summed E-state index contributed by atoms with van der Waals surface area (Å²) in [6.07, 6.45) is 0.439. The molecule has 0 rings (SSSR count). The quantitative estimate of drug-likeness (QED) is 0.487. The summed E-state index contributed by atoms with van der Waals surface area (Å²) in [5, 5.41) is 8.52. The maximum absolute atomic E-state index is 8.52. The van der Waals surface area contributed by atoms with E-state index in [1.54, 1.807) is 0 Å². The molecule has 0 N–H and O–H groups in total. The Labute approximate surface area is 100 Å². The van der Waals surface area contributed by atoms with Crippen molar-refractivity contribution in [3.63, 3.8) is 0 Å². The highest BCUT2D eigenvalue weighted by molar-refractivity contribution is 6.45. The summed E-state index contributed by atoms with van der Waals surface area (Å²) in [5.74, 6) is 0. The third-order valence-corrected chi connectivity index (χ3v) is 2.37. The van der Waals surface area contributed by atoms with Crippen molar-refractivity contribution in [2.75, 3.05) is 20.7 Å². The maximum Gasteiger partial charge on any atom is 0.478 e. The standard InChI is InChI=1S/C11H24BN3O/c1-10(2)15(11(3)4)12(14(5)6)16-9-7-8-13/h10-11H,7,9H2,1-6H3. The first-order chi connectivity index (χ1) is 7.41. The van der Waals surface area contributed by atoms with E-state index in [9.17, 15) is 0 Å². The summed E-state index contributed by atoms with van der Waals surface area (Å²) in [5.41, 5.74) is 0. The summed E-state index contributed by atoms with van der Waals surface area (Å²) in [4.78, 5) is 4.33. The SMILES string of the molecule is CC(C)N(B(OCCC#N)N(C)C)C(C)C. The summed E-state index contributed by atoms with van der Waals surface area (Å²) in [6, 6.07) is 2.92. The van der Waals surface area contributed by atoms with E-state index >= 15 is 0 Å². The topological polar surface area (TPSA) is 39.5 Å². The Balaban J connectivity index is 4.53. The molecular formula is C11H24BN3O. The Hall–Kier alpha value is -0.565. The van der Waals surface area contributed by atoms with Crippen molar-refractivity contribution in [2.24, 2.45) is 0 Å². The van der Waals surface area contributed by atoms with Crippen LogP contribution in [-0.2, 0) is 4.65 Å². The highest BCUT2D eigenvalue weighted by Crippen LogP contribution is 2.10. The van der Waals surface area contributed by atoms with Gasteiger partial charge < -0.3 is 9.47 Å². The van der Waals surface area contributed by atoms with Gasteiger partial charge in [-0.1, -0.05) is 27.7 Å². The minimum atomic E-state index is -0.0617. The van der Waals surface area contributed by atoms with Crippen LogP contribution in [0.15, 0.2) is 0 Å². The average molecular weight is 225 g/mol. The molecule has 0 saturated heterocycles. The molecule has 0 fully saturated rings. The fourth-order valence-electron chi connectivity index (χ4n) is 1.82. The minimum absolute atomic E-state index is 0.0617. The Morgan fingerprint density at radius 2 is 1.69 bits per heavy atom. The fraction of sp³-hybridized carbons (Fsp3) is 0.909. The summed E-state index contributed by atoms with van der Waals surface area (Å²) in [7, 11) is 3.93. The van der Waals surface area contributed by atoms with Gasteiger partial charge in [0.25, 0.3) is 0 Å². The Morgan fingerprint density at radius 1 is 1.19 bits per heavy atom. The van der Waals surface area contributed by atoms with Crippen LogP contribution < -0.4 is 0 Å². The van der Waals surface area contributed by atoms with E-state index in [1.807, 2.05) is 18.9 Å². The molecular weight excluding hydrogens is 201 g/mol. The van der Waals surface area contributed by atoms with Gasteiger partial charge in [0.05, 0.1) is 12.5 Å². The zero-order valence-corrected chi connectivity index (χ0v) is 11.4. The van der Waals surface area contributed by atoms with Crippen molar-refractivity contribution >= 4 is 7.19 Å². The molecule has 0 aliphatic heterocycles. The molecule has 0 atom stereocenters. The number of hydrogen-bond donors (Lipinski definition) is 0. The van der Waals surface area contributed by atoms with E-state index in [0.717, 1.165) is 0 Å². The highest BCUT2D eigenvalue weighted by atomic mass is 16.5. The molecule has 0 aromatic heterocycles. The average Bonchev–Trinajstić information content (AvgIpc) is 2.14. The molecule has 0 aliphatic rings. The van der Waals surface area contributed by atoms with Gasteiger partial charge in [-0.3, -0.25) is 4.81 Å². The van der Waals surface area contributed by atoms with E-state index in [0.29, 0.717) is 25.1 Å². The van der Waals surface area contributed by atoms with E-state index in [2.05, 4.69) is 38.6 Å². The second kappa shape index (κ2) is 7.67. The van der Waals surface area contributed by atoms with Gasteiger partial charge in [0.2, 0.25) is 0 Å². The van der Waals surface area contributed by atoms with Crippen LogP contribution in [0.1, 0.15) is 34.1 Å². The number of nitriles is 1. The minimum Gasteiger partial charge on any atom is -0.407 e. The fourth-order valence-corrected chi connectivity index (χ4v) is 1.82. The molecule has 4 nitrogen and oxygen atoms in total. The van der Waals surface area contributed by atoms with Crippen molar-refractivity contribution < 1.29 is 4.65 Å². The molecule has 5 heteroatoms. The molecule has 16 heavy (non-hydrogen) atoms. The second-order valence-corrected chi connectivity index (χ2v) is 4.70. The molecule has 0 aliphatic carbocycles. The normalized spacial score (nSPS) is 11.6. The number of hydrogen-bond acceptors (Lipinski definition) is 4. The molecule has 0 aromatic carbocycles. The molecule has 0 unspecified atom stereocenters. The van der Waals surface area contributed by atoms with Crippen LogP contribution in [0.2, 0.25) is 0 Å². The van der Waals surface area contributed by atoms with E-state index < -0.39 is 0 Å². The van der Waals surface area contributed by atoms with E-state index in [4.69, 9.17) is 9.92 Å². The first-order valence-corrected chi connectivity index (χ1v) is 5.84. The molecule has 0 saturated carbocycles. The van der Waals surface area contributed by atoms with Crippen LogP contribution in [0.3, 0.4) is 0 Å². The molecule has 92 valence electrons. The molecule has 0 spiro atoms. The van der Waals surface area contributed by atoms with Gasteiger partial charge in [-0.15, -0.1) is 0 Å². The van der Waals surface area contributed by atoms with Gasteiger partial charge in [-0.2, -0.15) is 5.26 Å². The van der Waals surface area contributed by atoms with Crippen LogP contribution >= 0.6 is 0 Å². The molecule has 0 radical (unpaired) electrons. The van der Waals surface area contributed by atoms with E-state index in [-0.39, 0.29) is 7.19 Å². The summed E-state index contributed by atoms with van der Waals surface area (Å²) in [6.45, 7) is 9.11. The van der Waals surface area contributed by atoms with Gasteiger partial charge >= 0.3 is 7.19 Å². The third-order valence-electron chi connectivity index (χ3n) is 2.37. The Kier molecular flexibility index (Phi) is 7.40. The van der Waals surface area contributed by atoms with Gasteiger partial charge in [0.15, 0.2) is 0 Å². The maximum atomic E-state index is 8.52. The Bertz CT molecular complexity index is 218. The lowest BCUT2D eigenvalue weighted by atomic mass is 9.90. The predicted molar refractivity (Wildman–Crippen MR) is 67.7 cm³/mol. The third kappa shape index (κ3) is 4.97. The summed E-state index contributed by atoms with van der Waals surface area (Å²) >= 11 is 0. The lowest BCUT2D eigenvalue weighted by Gasteiger charge is -2.37. The summed E-state index contributed by atoms with van der Waals surface area (Å²) < 4.78 is 5.76. The second-order valence-electron chi connectivity index (χ2n) is 4.70. The van der Waals surface area contributed by atoms with Crippen LogP contribution in [0.25, 0.3) is 0 Å².